The summed E-state index contributed by atoms with van der Waals surface area (Å²) in [5, 5.41) is 0.559. The number of rotatable bonds is 2. The lowest BCUT2D eigenvalue weighted by Crippen LogP contribution is -1.89. The number of benzene rings is 1. The van der Waals surface area contributed by atoms with Gasteiger partial charge in [0.1, 0.15) is 5.75 Å². The minimum Gasteiger partial charge on any atom is -0.439 e. The van der Waals surface area contributed by atoms with Crippen molar-refractivity contribution in [2.75, 3.05) is 0 Å². The fourth-order valence-corrected chi connectivity index (χ4v) is 1.28. The van der Waals surface area contributed by atoms with Gasteiger partial charge < -0.3 is 4.74 Å². The Balaban J connectivity index is 2.22. The van der Waals surface area contributed by atoms with Crippen LogP contribution in [0.2, 0.25) is 5.02 Å². The molecule has 0 fully saturated rings. The van der Waals surface area contributed by atoms with Gasteiger partial charge in [0.05, 0.1) is 0 Å². The molecule has 1 heterocycles. The van der Waals surface area contributed by atoms with Crippen molar-refractivity contribution >= 4 is 11.6 Å². The first-order valence-corrected chi connectivity index (χ1v) is 4.68. The molecular formula is C11H7ClFNO. The predicted molar refractivity (Wildman–Crippen MR) is 55.7 cm³/mol. The Morgan fingerprint density at radius 2 is 1.93 bits per heavy atom. The van der Waals surface area contributed by atoms with Crippen LogP contribution < -0.4 is 4.74 Å². The third-order valence-corrected chi connectivity index (χ3v) is 1.94. The summed E-state index contributed by atoms with van der Waals surface area (Å²) in [6, 6.07) is 11.2. The smallest absolute Gasteiger partial charge is 0.221 e. The topological polar surface area (TPSA) is 22.1 Å². The van der Waals surface area contributed by atoms with E-state index >= 15 is 0 Å². The Kier molecular flexibility index (Phi) is 2.83. The summed E-state index contributed by atoms with van der Waals surface area (Å²) in [5.74, 6) is 0.160. The zero-order chi connectivity index (χ0) is 10.7. The molecule has 0 unspecified atom stereocenters. The molecule has 15 heavy (non-hydrogen) atoms. The Hall–Kier alpha value is -1.61. The van der Waals surface area contributed by atoms with Gasteiger partial charge in [-0.15, -0.1) is 0 Å². The standard InChI is InChI=1S/C11H7ClFNO/c12-8-3-1-4-9(7-8)15-11-6-2-5-10(13)14-11/h1-7H. The fourth-order valence-electron chi connectivity index (χ4n) is 1.10. The molecule has 0 atom stereocenters. The SMILES string of the molecule is Fc1cccc(Oc2cccc(Cl)c2)n1. The average molecular weight is 224 g/mol. The van der Waals surface area contributed by atoms with E-state index in [1.54, 1.807) is 30.3 Å². The van der Waals surface area contributed by atoms with Gasteiger partial charge in [0.15, 0.2) is 0 Å². The van der Waals surface area contributed by atoms with Crippen LogP contribution in [-0.4, -0.2) is 4.98 Å². The Morgan fingerprint density at radius 1 is 1.13 bits per heavy atom. The van der Waals surface area contributed by atoms with Gasteiger partial charge in [-0.25, -0.2) is 0 Å². The first kappa shape index (κ1) is 9.93. The van der Waals surface area contributed by atoms with E-state index in [2.05, 4.69) is 4.98 Å². The summed E-state index contributed by atoms with van der Waals surface area (Å²) in [7, 11) is 0. The van der Waals surface area contributed by atoms with Crippen LogP contribution in [0.25, 0.3) is 0 Å². The summed E-state index contributed by atoms with van der Waals surface area (Å²) < 4.78 is 18.0. The first-order chi connectivity index (χ1) is 7.24. The van der Waals surface area contributed by atoms with E-state index in [-0.39, 0.29) is 5.88 Å². The molecule has 0 aliphatic heterocycles. The maximum absolute atomic E-state index is 12.7. The van der Waals surface area contributed by atoms with Crippen LogP contribution in [0.3, 0.4) is 0 Å². The zero-order valence-corrected chi connectivity index (χ0v) is 8.41. The van der Waals surface area contributed by atoms with E-state index in [4.69, 9.17) is 16.3 Å². The van der Waals surface area contributed by atoms with Gasteiger partial charge in [0.2, 0.25) is 11.8 Å². The average Bonchev–Trinajstić information content (AvgIpc) is 2.17. The Bertz CT molecular complexity index is 432. The van der Waals surface area contributed by atoms with Gasteiger partial charge in [-0.2, -0.15) is 9.37 Å². The van der Waals surface area contributed by atoms with E-state index in [0.29, 0.717) is 10.8 Å². The quantitative estimate of drug-likeness (QED) is 0.725. The number of hydrogen-bond donors (Lipinski definition) is 0. The van der Waals surface area contributed by atoms with Crippen LogP contribution in [0.1, 0.15) is 0 Å². The lowest BCUT2D eigenvalue weighted by Gasteiger charge is -2.04. The summed E-state index contributed by atoms with van der Waals surface area (Å²) in [5.41, 5.74) is 0. The lowest BCUT2D eigenvalue weighted by atomic mass is 10.3. The van der Waals surface area contributed by atoms with Crippen molar-refractivity contribution in [2.24, 2.45) is 0 Å². The molecule has 0 amide bonds. The second-order valence-corrected chi connectivity index (χ2v) is 3.29. The maximum Gasteiger partial charge on any atom is 0.221 e. The zero-order valence-electron chi connectivity index (χ0n) is 7.65. The van der Waals surface area contributed by atoms with Crippen LogP contribution in [0.5, 0.6) is 11.6 Å². The summed E-state index contributed by atoms with van der Waals surface area (Å²) in [6.07, 6.45) is 0. The highest BCUT2D eigenvalue weighted by Gasteiger charge is 2.00. The highest BCUT2D eigenvalue weighted by atomic mass is 35.5. The van der Waals surface area contributed by atoms with Crippen LogP contribution in [0.4, 0.5) is 4.39 Å². The Labute approximate surface area is 91.3 Å². The van der Waals surface area contributed by atoms with Gasteiger partial charge in [-0.05, 0) is 24.3 Å². The number of pyridine rings is 1. The molecule has 1 aromatic heterocycles. The molecule has 2 aromatic rings. The molecule has 0 aliphatic rings. The normalized spacial score (nSPS) is 10.0. The van der Waals surface area contributed by atoms with Crippen LogP contribution in [0, 0.1) is 5.95 Å². The van der Waals surface area contributed by atoms with Crippen molar-refractivity contribution < 1.29 is 9.13 Å². The molecule has 1 aromatic carbocycles. The van der Waals surface area contributed by atoms with E-state index in [9.17, 15) is 4.39 Å². The number of hydrogen-bond acceptors (Lipinski definition) is 2. The molecule has 76 valence electrons. The van der Waals surface area contributed by atoms with E-state index < -0.39 is 5.95 Å². The number of ether oxygens (including phenoxy) is 1. The minimum absolute atomic E-state index is 0.206. The molecule has 2 rings (SSSR count). The molecule has 0 N–H and O–H groups in total. The molecule has 0 bridgehead atoms. The molecule has 0 aliphatic carbocycles. The highest BCUT2D eigenvalue weighted by molar-refractivity contribution is 6.30. The molecule has 4 heteroatoms. The van der Waals surface area contributed by atoms with Gasteiger partial charge in [0.25, 0.3) is 0 Å². The number of aromatic nitrogens is 1. The van der Waals surface area contributed by atoms with Gasteiger partial charge in [-0.1, -0.05) is 23.7 Å². The minimum atomic E-state index is -0.575. The van der Waals surface area contributed by atoms with Crippen molar-refractivity contribution in [3.05, 3.63) is 53.4 Å². The summed E-state index contributed by atoms with van der Waals surface area (Å²) >= 11 is 5.77. The first-order valence-electron chi connectivity index (χ1n) is 4.30. The summed E-state index contributed by atoms with van der Waals surface area (Å²) in [6.45, 7) is 0. The van der Waals surface area contributed by atoms with Crippen molar-refractivity contribution in [2.45, 2.75) is 0 Å². The van der Waals surface area contributed by atoms with Gasteiger partial charge in [0, 0.05) is 11.1 Å². The molecule has 2 nitrogen and oxygen atoms in total. The number of nitrogens with zero attached hydrogens (tertiary/aromatic N) is 1. The third kappa shape index (κ3) is 2.67. The van der Waals surface area contributed by atoms with Gasteiger partial charge in [-0.3, -0.25) is 0 Å². The molecular weight excluding hydrogens is 217 g/mol. The predicted octanol–water partition coefficient (Wildman–Crippen LogP) is 3.67. The second kappa shape index (κ2) is 4.28. The second-order valence-electron chi connectivity index (χ2n) is 2.86. The number of halogens is 2. The monoisotopic (exact) mass is 223 g/mol. The van der Waals surface area contributed by atoms with Crippen molar-refractivity contribution in [1.29, 1.82) is 0 Å². The van der Waals surface area contributed by atoms with Crippen molar-refractivity contribution in [3.8, 4) is 11.6 Å². The molecule has 0 saturated heterocycles. The van der Waals surface area contributed by atoms with Crippen LogP contribution >= 0.6 is 11.6 Å². The summed E-state index contributed by atoms with van der Waals surface area (Å²) in [4.78, 5) is 3.57. The van der Waals surface area contributed by atoms with Gasteiger partial charge >= 0.3 is 0 Å². The third-order valence-electron chi connectivity index (χ3n) is 1.71. The fraction of sp³-hybridized carbons (Fsp3) is 0. The van der Waals surface area contributed by atoms with E-state index in [1.165, 1.54) is 12.1 Å². The molecule has 0 spiro atoms. The highest BCUT2D eigenvalue weighted by Crippen LogP contribution is 2.22. The molecule has 0 radical (unpaired) electrons. The Morgan fingerprint density at radius 3 is 2.67 bits per heavy atom. The lowest BCUT2D eigenvalue weighted by molar-refractivity contribution is 0.445. The van der Waals surface area contributed by atoms with Crippen molar-refractivity contribution in [1.82, 2.24) is 4.98 Å². The van der Waals surface area contributed by atoms with Crippen LogP contribution in [0.15, 0.2) is 42.5 Å². The van der Waals surface area contributed by atoms with E-state index in [1.807, 2.05) is 0 Å². The van der Waals surface area contributed by atoms with E-state index in [0.717, 1.165) is 0 Å². The molecule has 0 saturated carbocycles. The van der Waals surface area contributed by atoms with Crippen LogP contribution in [-0.2, 0) is 0 Å². The maximum atomic E-state index is 12.7. The largest absolute Gasteiger partial charge is 0.439 e. The van der Waals surface area contributed by atoms with Crippen molar-refractivity contribution in [3.63, 3.8) is 0 Å².